The van der Waals surface area contributed by atoms with E-state index in [1.54, 1.807) is 0 Å². The van der Waals surface area contributed by atoms with Crippen LogP contribution in [0.3, 0.4) is 0 Å². The van der Waals surface area contributed by atoms with Crippen LogP contribution < -0.4 is 5.32 Å². The van der Waals surface area contributed by atoms with E-state index in [1.807, 2.05) is 11.8 Å². The number of hydrogen-bond acceptors (Lipinski definition) is 4. The quantitative estimate of drug-likeness (QED) is 0.803. The van der Waals surface area contributed by atoms with Gasteiger partial charge in [0.15, 0.2) is 5.16 Å². The van der Waals surface area contributed by atoms with Crippen molar-refractivity contribution in [3.63, 3.8) is 0 Å². The first-order chi connectivity index (χ1) is 7.86. The van der Waals surface area contributed by atoms with Crippen LogP contribution >= 0.6 is 11.8 Å². The number of aryl methyl sites for hydroxylation is 1. The number of hydrogen-bond donors (Lipinski definition) is 1. The molecular weight excluding hydrogens is 222 g/mol. The second kappa shape index (κ2) is 4.39. The second-order valence-electron chi connectivity index (χ2n) is 4.27. The standard InChI is InChI=1S/C11H17N3OS/c1-8-10(9-2-5-15-6-3-12-9)14-4-7-16-11(14)13-8/h9,12H,2-7H2,1H3. The van der Waals surface area contributed by atoms with E-state index >= 15 is 0 Å². The van der Waals surface area contributed by atoms with Gasteiger partial charge in [-0.1, -0.05) is 11.8 Å². The molecule has 1 aromatic heterocycles. The maximum atomic E-state index is 5.48. The topological polar surface area (TPSA) is 39.1 Å². The summed E-state index contributed by atoms with van der Waals surface area (Å²) >= 11 is 1.86. The lowest BCUT2D eigenvalue weighted by Crippen LogP contribution is -2.25. The number of nitrogens with one attached hydrogen (secondary N) is 1. The van der Waals surface area contributed by atoms with Crippen LogP contribution in [0.1, 0.15) is 23.9 Å². The number of imidazole rings is 1. The number of aromatic nitrogens is 2. The summed E-state index contributed by atoms with van der Waals surface area (Å²) in [6, 6.07) is 0.419. The summed E-state index contributed by atoms with van der Waals surface area (Å²) in [6.07, 6.45) is 1.05. The average molecular weight is 239 g/mol. The van der Waals surface area contributed by atoms with Gasteiger partial charge in [-0.15, -0.1) is 0 Å². The predicted octanol–water partition coefficient (Wildman–Crippen LogP) is 1.35. The van der Waals surface area contributed by atoms with Crippen molar-refractivity contribution >= 4 is 11.8 Å². The number of ether oxygens (including phenoxy) is 1. The van der Waals surface area contributed by atoms with Gasteiger partial charge in [0.1, 0.15) is 0 Å². The zero-order valence-electron chi connectivity index (χ0n) is 9.53. The molecule has 3 rings (SSSR count). The van der Waals surface area contributed by atoms with Crippen molar-refractivity contribution in [2.24, 2.45) is 0 Å². The third-order valence-electron chi connectivity index (χ3n) is 3.22. The molecule has 16 heavy (non-hydrogen) atoms. The zero-order chi connectivity index (χ0) is 11.0. The maximum absolute atomic E-state index is 5.48. The van der Waals surface area contributed by atoms with Crippen LogP contribution in [0.4, 0.5) is 0 Å². The minimum absolute atomic E-state index is 0.419. The van der Waals surface area contributed by atoms with Crippen LogP contribution in [-0.4, -0.2) is 35.1 Å². The Morgan fingerprint density at radius 3 is 3.38 bits per heavy atom. The van der Waals surface area contributed by atoms with E-state index in [4.69, 9.17) is 4.74 Å². The Balaban J connectivity index is 1.92. The number of rotatable bonds is 1. The number of fused-ring (bicyclic) bond motifs is 1. The molecule has 0 aromatic carbocycles. The Morgan fingerprint density at radius 2 is 2.44 bits per heavy atom. The molecule has 2 aliphatic heterocycles. The Morgan fingerprint density at radius 1 is 1.50 bits per heavy atom. The van der Waals surface area contributed by atoms with Crippen LogP contribution in [0.15, 0.2) is 5.16 Å². The average Bonchev–Trinajstić information content (AvgIpc) is 2.70. The van der Waals surface area contributed by atoms with Crippen LogP contribution in [0, 0.1) is 6.92 Å². The fraction of sp³-hybridized carbons (Fsp3) is 0.727. The lowest BCUT2D eigenvalue weighted by Gasteiger charge is -2.17. The molecule has 1 saturated heterocycles. The molecule has 0 saturated carbocycles. The van der Waals surface area contributed by atoms with Gasteiger partial charge in [0, 0.05) is 25.4 Å². The molecule has 1 atom stereocenters. The summed E-state index contributed by atoms with van der Waals surface area (Å²) in [4.78, 5) is 4.64. The molecule has 1 unspecified atom stereocenters. The summed E-state index contributed by atoms with van der Waals surface area (Å²) in [6.45, 7) is 5.84. The SMILES string of the molecule is Cc1nc2n(c1C1CCOCCN1)CCS2. The Hall–Kier alpha value is -0.520. The molecule has 2 aliphatic rings. The maximum Gasteiger partial charge on any atom is 0.168 e. The van der Waals surface area contributed by atoms with E-state index in [9.17, 15) is 0 Å². The van der Waals surface area contributed by atoms with Gasteiger partial charge in [0.25, 0.3) is 0 Å². The molecule has 0 radical (unpaired) electrons. The fourth-order valence-electron chi connectivity index (χ4n) is 2.50. The van der Waals surface area contributed by atoms with Crippen molar-refractivity contribution in [2.45, 2.75) is 31.1 Å². The van der Waals surface area contributed by atoms with E-state index in [-0.39, 0.29) is 0 Å². The lowest BCUT2D eigenvalue weighted by atomic mass is 10.1. The summed E-state index contributed by atoms with van der Waals surface area (Å²) in [5.74, 6) is 1.17. The van der Waals surface area contributed by atoms with Crippen molar-refractivity contribution in [3.8, 4) is 0 Å². The molecule has 5 heteroatoms. The van der Waals surface area contributed by atoms with Crippen LogP contribution in [-0.2, 0) is 11.3 Å². The van der Waals surface area contributed by atoms with E-state index in [0.29, 0.717) is 6.04 Å². The highest BCUT2D eigenvalue weighted by Gasteiger charge is 2.25. The van der Waals surface area contributed by atoms with Crippen molar-refractivity contribution < 1.29 is 4.74 Å². The summed E-state index contributed by atoms with van der Waals surface area (Å²) < 4.78 is 7.86. The van der Waals surface area contributed by atoms with Crippen LogP contribution in [0.25, 0.3) is 0 Å². The van der Waals surface area contributed by atoms with Gasteiger partial charge in [0.05, 0.1) is 24.0 Å². The molecule has 1 aromatic rings. The summed E-state index contributed by atoms with van der Waals surface area (Å²) in [5, 5.41) is 4.75. The predicted molar refractivity (Wildman–Crippen MR) is 63.9 cm³/mol. The van der Waals surface area contributed by atoms with Gasteiger partial charge >= 0.3 is 0 Å². The molecule has 1 N–H and O–H groups in total. The third-order valence-corrected chi connectivity index (χ3v) is 4.18. The molecule has 1 fully saturated rings. The smallest absolute Gasteiger partial charge is 0.168 e. The molecule has 0 bridgehead atoms. The van der Waals surface area contributed by atoms with Gasteiger partial charge in [-0.2, -0.15) is 0 Å². The minimum Gasteiger partial charge on any atom is -0.380 e. The highest BCUT2D eigenvalue weighted by atomic mass is 32.2. The third kappa shape index (κ3) is 1.77. The van der Waals surface area contributed by atoms with Gasteiger partial charge in [-0.05, 0) is 13.3 Å². The zero-order valence-corrected chi connectivity index (χ0v) is 10.3. The largest absolute Gasteiger partial charge is 0.380 e. The molecule has 0 aliphatic carbocycles. The molecule has 3 heterocycles. The van der Waals surface area contributed by atoms with E-state index in [1.165, 1.54) is 22.3 Å². The molecule has 4 nitrogen and oxygen atoms in total. The molecular formula is C11H17N3OS. The van der Waals surface area contributed by atoms with Crippen molar-refractivity contribution in [3.05, 3.63) is 11.4 Å². The van der Waals surface area contributed by atoms with Gasteiger partial charge in [0.2, 0.25) is 0 Å². The lowest BCUT2D eigenvalue weighted by molar-refractivity contribution is 0.149. The van der Waals surface area contributed by atoms with Gasteiger partial charge in [-0.3, -0.25) is 0 Å². The molecule has 88 valence electrons. The summed E-state index contributed by atoms with van der Waals surface area (Å²) in [7, 11) is 0. The van der Waals surface area contributed by atoms with Crippen LogP contribution in [0.5, 0.6) is 0 Å². The van der Waals surface area contributed by atoms with Crippen molar-refractivity contribution in [1.82, 2.24) is 14.9 Å². The van der Waals surface area contributed by atoms with E-state index in [2.05, 4.69) is 21.8 Å². The molecule has 0 spiro atoms. The second-order valence-corrected chi connectivity index (χ2v) is 5.33. The summed E-state index contributed by atoms with van der Waals surface area (Å²) in [5.41, 5.74) is 2.56. The van der Waals surface area contributed by atoms with Gasteiger partial charge < -0.3 is 14.6 Å². The highest BCUT2D eigenvalue weighted by molar-refractivity contribution is 7.99. The van der Waals surface area contributed by atoms with Crippen molar-refractivity contribution in [2.75, 3.05) is 25.5 Å². The molecule has 0 amide bonds. The van der Waals surface area contributed by atoms with Gasteiger partial charge in [-0.25, -0.2) is 4.98 Å². The Bertz CT molecular complexity index is 383. The van der Waals surface area contributed by atoms with E-state index < -0.39 is 0 Å². The monoisotopic (exact) mass is 239 g/mol. The number of nitrogens with zero attached hydrogens (tertiary/aromatic N) is 2. The van der Waals surface area contributed by atoms with E-state index in [0.717, 1.165) is 32.7 Å². The Labute approximate surface area is 99.8 Å². The highest BCUT2D eigenvalue weighted by Crippen LogP contribution is 2.32. The Kier molecular flexibility index (Phi) is 2.91. The first kappa shape index (κ1) is 10.6. The normalized spacial score (nSPS) is 25.4. The minimum atomic E-state index is 0.419. The fourth-order valence-corrected chi connectivity index (χ4v) is 3.50. The number of thioether (sulfide) groups is 1. The van der Waals surface area contributed by atoms with Crippen LogP contribution in [0.2, 0.25) is 0 Å². The first-order valence-electron chi connectivity index (χ1n) is 5.87. The first-order valence-corrected chi connectivity index (χ1v) is 6.86. The van der Waals surface area contributed by atoms with Crippen molar-refractivity contribution in [1.29, 1.82) is 0 Å².